The molecule has 0 spiro atoms. The number of nitrogens with zero attached hydrogens (tertiary/aromatic N) is 2. The highest BCUT2D eigenvalue weighted by atomic mass is 35.5. The third-order valence-corrected chi connectivity index (χ3v) is 3.25. The molecule has 7 heteroatoms. The minimum absolute atomic E-state index is 0.165. The van der Waals surface area contributed by atoms with Crippen LogP contribution in [0.4, 0.5) is 13.2 Å². The van der Waals surface area contributed by atoms with Gasteiger partial charge in [0.1, 0.15) is 17.1 Å². The molecule has 21 heavy (non-hydrogen) atoms. The zero-order valence-corrected chi connectivity index (χ0v) is 12.3. The van der Waals surface area contributed by atoms with Gasteiger partial charge in [-0.3, -0.25) is 0 Å². The van der Waals surface area contributed by atoms with Gasteiger partial charge in [-0.2, -0.15) is 13.2 Å². The molecule has 1 heterocycles. The lowest BCUT2D eigenvalue weighted by molar-refractivity contribution is -0.136. The quantitative estimate of drug-likeness (QED) is 0.747. The van der Waals surface area contributed by atoms with Gasteiger partial charge < -0.3 is 9.30 Å². The molecular weight excluding hydrogens is 305 g/mol. The molecule has 0 atom stereocenters. The Morgan fingerprint density at radius 2 is 2.10 bits per heavy atom. The highest BCUT2D eigenvalue weighted by Crippen LogP contribution is 2.28. The maximum Gasteiger partial charge on any atom is 0.390 e. The SMILES string of the molecule is CCOc1cccc2c1nc(CCCl)n2CCC(F)(F)F. The van der Waals surface area contributed by atoms with Crippen LogP contribution in [0.25, 0.3) is 11.0 Å². The van der Waals surface area contributed by atoms with Crippen molar-refractivity contribution in [2.75, 3.05) is 12.5 Å². The van der Waals surface area contributed by atoms with Crippen LogP contribution in [0, 0.1) is 0 Å². The van der Waals surface area contributed by atoms with Gasteiger partial charge in [0.2, 0.25) is 0 Å². The molecule has 1 aromatic heterocycles. The summed E-state index contributed by atoms with van der Waals surface area (Å²) in [5.74, 6) is 1.44. The molecule has 116 valence electrons. The fraction of sp³-hybridized carbons (Fsp3) is 0.500. The Bertz CT molecular complexity index is 610. The Hall–Kier alpha value is -1.43. The van der Waals surface area contributed by atoms with Crippen molar-refractivity contribution in [1.29, 1.82) is 0 Å². The summed E-state index contributed by atoms with van der Waals surface area (Å²) in [7, 11) is 0. The lowest BCUT2D eigenvalue weighted by Gasteiger charge is -2.11. The van der Waals surface area contributed by atoms with E-state index in [1.165, 1.54) is 0 Å². The Morgan fingerprint density at radius 1 is 1.33 bits per heavy atom. The van der Waals surface area contributed by atoms with Crippen molar-refractivity contribution in [2.45, 2.75) is 32.5 Å². The summed E-state index contributed by atoms with van der Waals surface area (Å²) >= 11 is 5.72. The summed E-state index contributed by atoms with van der Waals surface area (Å²) in [4.78, 5) is 4.41. The van der Waals surface area contributed by atoms with Crippen LogP contribution in [0.15, 0.2) is 18.2 Å². The van der Waals surface area contributed by atoms with E-state index in [0.717, 1.165) is 0 Å². The van der Waals surface area contributed by atoms with Crippen LogP contribution in [0.1, 0.15) is 19.2 Å². The standard InChI is InChI=1S/C14H16ClF3N2O/c1-2-21-11-5-3-4-10-13(11)19-12(6-8-15)20(10)9-7-14(16,17)18/h3-5H,2,6-9H2,1H3. The molecule has 0 N–H and O–H groups in total. The second kappa shape index (κ2) is 6.56. The van der Waals surface area contributed by atoms with Gasteiger partial charge in [-0.25, -0.2) is 4.98 Å². The number of rotatable bonds is 6. The largest absolute Gasteiger partial charge is 0.492 e. The van der Waals surface area contributed by atoms with Gasteiger partial charge >= 0.3 is 6.18 Å². The van der Waals surface area contributed by atoms with E-state index in [4.69, 9.17) is 16.3 Å². The molecule has 3 nitrogen and oxygen atoms in total. The molecule has 0 amide bonds. The normalized spacial score (nSPS) is 12.0. The van der Waals surface area contributed by atoms with Gasteiger partial charge in [0.25, 0.3) is 0 Å². The van der Waals surface area contributed by atoms with E-state index in [1.807, 2.05) is 6.92 Å². The molecule has 1 aromatic carbocycles. The molecule has 0 aliphatic heterocycles. The molecule has 0 aliphatic carbocycles. The van der Waals surface area contributed by atoms with Gasteiger partial charge in [0, 0.05) is 18.8 Å². The third kappa shape index (κ3) is 3.81. The van der Waals surface area contributed by atoms with Gasteiger partial charge in [0.05, 0.1) is 18.5 Å². The number of hydrogen-bond donors (Lipinski definition) is 0. The molecule has 2 aromatic rings. The first kappa shape index (κ1) is 15.9. The van der Waals surface area contributed by atoms with Crippen molar-refractivity contribution in [2.24, 2.45) is 0 Å². The molecular formula is C14H16ClF3N2O. The molecule has 0 fully saturated rings. The number of aromatic nitrogens is 2. The zero-order chi connectivity index (χ0) is 15.5. The Balaban J connectivity index is 2.44. The molecule has 2 rings (SSSR count). The second-order valence-corrected chi connectivity index (χ2v) is 4.92. The van der Waals surface area contributed by atoms with Crippen LogP contribution in [-0.4, -0.2) is 28.2 Å². The first-order valence-corrected chi connectivity index (χ1v) is 7.23. The number of benzene rings is 1. The smallest absolute Gasteiger partial charge is 0.390 e. The summed E-state index contributed by atoms with van der Waals surface area (Å²) in [5.41, 5.74) is 1.23. The number of hydrogen-bond acceptors (Lipinski definition) is 2. The fourth-order valence-corrected chi connectivity index (χ4v) is 2.37. The maximum atomic E-state index is 12.5. The van der Waals surface area contributed by atoms with Crippen LogP contribution in [0.5, 0.6) is 5.75 Å². The Kier molecular flexibility index (Phi) is 4.98. The topological polar surface area (TPSA) is 27.1 Å². The van der Waals surface area contributed by atoms with E-state index >= 15 is 0 Å². The predicted octanol–water partition coefficient (Wildman–Crippen LogP) is 4.17. The minimum Gasteiger partial charge on any atom is -0.492 e. The monoisotopic (exact) mass is 320 g/mol. The second-order valence-electron chi connectivity index (χ2n) is 4.54. The first-order chi connectivity index (χ1) is 9.96. The van der Waals surface area contributed by atoms with Crippen LogP contribution in [0.3, 0.4) is 0 Å². The third-order valence-electron chi connectivity index (χ3n) is 3.06. The van der Waals surface area contributed by atoms with Gasteiger partial charge in [-0.05, 0) is 19.1 Å². The number of imidazole rings is 1. The molecule has 0 saturated carbocycles. The fourth-order valence-electron chi connectivity index (χ4n) is 2.20. The van der Waals surface area contributed by atoms with Crippen molar-refractivity contribution in [3.63, 3.8) is 0 Å². The van der Waals surface area contributed by atoms with Gasteiger partial charge in [-0.15, -0.1) is 11.6 Å². The van der Waals surface area contributed by atoms with Crippen molar-refractivity contribution in [1.82, 2.24) is 9.55 Å². The number of ether oxygens (including phenoxy) is 1. The summed E-state index contributed by atoms with van der Waals surface area (Å²) in [6.07, 6.45) is -4.68. The average Bonchev–Trinajstić information content (AvgIpc) is 2.75. The van der Waals surface area contributed by atoms with E-state index in [2.05, 4.69) is 4.98 Å². The summed E-state index contributed by atoms with van der Waals surface area (Å²) in [5, 5.41) is 0. The van der Waals surface area contributed by atoms with Crippen molar-refractivity contribution in [3.8, 4) is 5.75 Å². The number of halogens is 4. The summed E-state index contributed by atoms with van der Waals surface area (Å²) in [6.45, 7) is 2.15. The lowest BCUT2D eigenvalue weighted by atomic mass is 10.3. The van der Waals surface area contributed by atoms with Gasteiger partial charge in [0.15, 0.2) is 0 Å². The van der Waals surface area contributed by atoms with E-state index in [1.54, 1.807) is 22.8 Å². The van der Waals surface area contributed by atoms with E-state index in [-0.39, 0.29) is 6.54 Å². The van der Waals surface area contributed by atoms with E-state index in [0.29, 0.717) is 41.5 Å². The highest BCUT2D eigenvalue weighted by Gasteiger charge is 2.27. The first-order valence-electron chi connectivity index (χ1n) is 6.70. The number of fused-ring (bicyclic) bond motifs is 1. The van der Waals surface area contributed by atoms with E-state index in [9.17, 15) is 13.2 Å². The summed E-state index contributed by atoms with van der Waals surface area (Å²) < 4.78 is 44.5. The van der Waals surface area contributed by atoms with Crippen LogP contribution < -0.4 is 4.74 Å². The molecule has 0 unspecified atom stereocenters. The van der Waals surface area contributed by atoms with Crippen LogP contribution in [-0.2, 0) is 13.0 Å². The Morgan fingerprint density at radius 3 is 2.71 bits per heavy atom. The zero-order valence-electron chi connectivity index (χ0n) is 11.6. The van der Waals surface area contributed by atoms with Crippen LogP contribution >= 0.6 is 11.6 Å². The molecule has 0 radical (unpaired) electrons. The number of alkyl halides is 4. The molecule has 0 bridgehead atoms. The number of aryl methyl sites for hydroxylation is 2. The van der Waals surface area contributed by atoms with E-state index < -0.39 is 12.6 Å². The van der Waals surface area contributed by atoms with Crippen molar-refractivity contribution < 1.29 is 17.9 Å². The molecule has 0 aliphatic rings. The van der Waals surface area contributed by atoms with Crippen LogP contribution in [0.2, 0.25) is 0 Å². The predicted molar refractivity (Wildman–Crippen MR) is 76.0 cm³/mol. The van der Waals surface area contributed by atoms with Crippen molar-refractivity contribution >= 4 is 22.6 Å². The molecule has 0 saturated heterocycles. The van der Waals surface area contributed by atoms with Crippen molar-refractivity contribution in [3.05, 3.63) is 24.0 Å². The highest BCUT2D eigenvalue weighted by molar-refractivity contribution is 6.17. The summed E-state index contributed by atoms with van der Waals surface area (Å²) in [6, 6.07) is 5.26. The minimum atomic E-state index is -4.20. The number of para-hydroxylation sites is 1. The van der Waals surface area contributed by atoms with Gasteiger partial charge in [-0.1, -0.05) is 6.07 Å². The maximum absolute atomic E-state index is 12.5. The lowest BCUT2D eigenvalue weighted by Crippen LogP contribution is -2.14. The Labute approximate surface area is 125 Å². The average molecular weight is 321 g/mol.